The number of nitrogens with one attached hydrogen (secondary N) is 1. The standard InChI is InChI=1S/C11H15FN2O/c1-2-10(14-11(15)7-13)8-3-5-9(12)6-4-8/h3-6,10H,2,7,13H2,1H3,(H,14,15). The van der Waals surface area contributed by atoms with Crippen LogP contribution in [-0.4, -0.2) is 12.5 Å². The van der Waals surface area contributed by atoms with E-state index in [1.54, 1.807) is 12.1 Å². The maximum absolute atomic E-state index is 12.7. The Morgan fingerprint density at radius 3 is 2.53 bits per heavy atom. The summed E-state index contributed by atoms with van der Waals surface area (Å²) in [5.74, 6) is -0.482. The van der Waals surface area contributed by atoms with Crippen LogP contribution >= 0.6 is 0 Å². The van der Waals surface area contributed by atoms with Crippen LogP contribution < -0.4 is 11.1 Å². The minimum Gasteiger partial charge on any atom is -0.348 e. The van der Waals surface area contributed by atoms with Crippen LogP contribution in [0.25, 0.3) is 0 Å². The van der Waals surface area contributed by atoms with Crippen LogP contribution in [0, 0.1) is 5.82 Å². The monoisotopic (exact) mass is 210 g/mol. The Bertz CT molecular complexity index is 324. The Kier molecular flexibility index (Phi) is 4.24. The van der Waals surface area contributed by atoms with Gasteiger partial charge in [0.25, 0.3) is 0 Å². The lowest BCUT2D eigenvalue weighted by molar-refractivity contribution is -0.120. The SMILES string of the molecule is CCC(NC(=O)CN)c1ccc(F)cc1. The Balaban J connectivity index is 2.74. The van der Waals surface area contributed by atoms with Gasteiger partial charge in [0.15, 0.2) is 0 Å². The van der Waals surface area contributed by atoms with Crippen LogP contribution in [0.15, 0.2) is 24.3 Å². The molecule has 4 heteroatoms. The van der Waals surface area contributed by atoms with Crippen molar-refractivity contribution in [2.45, 2.75) is 19.4 Å². The third kappa shape index (κ3) is 3.32. The third-order valence-corrected chi connectivity index (χ3v) is 2.20. The zero-order chi connectivity index (χ0) is 11.3. The van der Waals surface area contributed by atoms with Crippen molar-refractivity contribution in [1.82, 2.24) is 5.32 Å². The summed E-state index contributed by atoms with van der Waals surface area (Å²) >= 11 is 0. The van der Waals surface area contributed by atoms with Gasteiger partial charge in [-0.05, 0) is 24.1 Å². The maximum atomic E-state index is 12.7. The van der Waals surface area contributed by atoms with Gasteiger partial charge < -0.3 is 11.1 Å². The van der Waals surface area contributed by atoms with Crippen LogP contribution in [-0.2, 0) is 4.79 Å². The summed E-state index contributed by atoms with van der Waals surface area (Å²) < 4.78 is 12.7. The second-order valence-corrected chi connectivity index (χ2v) is 3.28. The van der Waals surface area contributed by atoms with Crippen molar-refractivity contribution in [3.05, 3.63) is 35.6 Å². The van der Waals surface area contributed by atoms with Crippen molar-refractivity contribution >= 4 is 5.91 Å². The van der Waals surface area contributed by atoms with E-state index in [0.717, 1.165) is 12.0 Å². The molecular formula is C11H15FN2O. The molecule has 0 bridgehead atoms. The summed E-state index contributed by atoms with van der Waals surface area (Å²) in [5, 5.41) is 2.77. The lowest BCUT2D eigenvalue weighted by Crippen LogP contribution is -2.33. The van der Waals surface area contributed by atoms with Gasteiger partial charge in [-0.1, -0.05) is 19.1 Å². The van der Waals surface area contributed by atoms with Crippen molar-refractivity contribution in [2.24, 2.45) is 5.73 Å². The topological polar surface area (TPSA) is 55.1 Å². The number of carbonyl (C=O) groups is 1. The number of amides is 1. The van der Waals surface area contributed by atoms with Crippen LogP contribution in [0.5, 0.6) is 0 Å². The molecule has 0 radical (unpaired) electrons. The first-order valence-electron chi connectivity index (χ1n) is 4.92. The highest BCUT2D eigenvalue weighted by atomic mass is 19.1. The zero-order valence-corrected chi connectivity index (χ0v) is 8.66. The highest BCUT2D eigenvalue weighted by molar-refractivity contribution is 5.78. The Labute approximate surface area is 88.5 Å². The molecule has 0 aliphatic carbocycles. The summed E-state index contributed by atoms with van der Waals surface area (Å²) in [4.78, 5) is 11.1. The normalized spacial score (nSPS) is 12.2. The second-order valence-electron chi connectivity index (χ2n) is 3.28. The Hall–Kier alpha value is -1.42. The van der Waals surface area contributed by atoms with Crippen molar-refractivity contribution < 1.29 is 9.18 Å². The highest BCUT2D eigenvalue weighted by Crippen LogP contribution is 2.16. The van der Waals surface area contributed by atoms with Gasteiger partial charge in [0.05, 0.1) is 12.6 Å². The van der Waals surface area contributed by atoms with Crippen molar-refractivity contribution in [2.75, 3.05) is 6.54 Å². The number of nitrogens with two attached hydrogens (primary N) is 1. The minimum absolute atomic E-state index is 0.0301. The molecule has 0 aromatic heterocycles. The average molecular weight is 210 g/mol. The summed E-state index contributed by atoms with van der Waals surface area (Å²) in [6.07, 6.45) is 0.747. The molecule has 0 aliphatic rings. The predicted octanol–water partition coefficient (Wildman–Crippen LogP) is 1.35. The van der Waals surface area contributed by atoms with E-state index in [1.807, 2.05) is 6.92 Å². The molecule has 1 amide bonds. The van der Waals surface area contributed by atoms with E-state index in [1.165, 1.54) is 12.1 Å². The van der Waals surface area contributed by atoms with Gasteiger partial charge in [-0.2, -0.15) is 0 Å². The van der Waals surface area contributed by atoms with Gasteiger partial charge in [-0.3, -0.25) is 4.79 Å². The molecule has 3 nitrogen and oxygen atoms in total. The second kappa shape index (κ2) is 5.46. The van der Waals surface area contributed by atoms with Crippen LogP contribution in [0.3, 0.4) is 0 Å². The first-order chi connectivity index (χ1) is 7.17. The third-order valence-electron chi connectivity index (χ3n) is 2.20. The average Bonchev–Trinajstić information content (AvgIpc) is 2.27. The van der Waals surface area contributed by atoms with Gasteiger partial charge >= 0.3 is 0 Å². The summed E-state index contributed by atoms with van der Waals surface area (Å²) in [5.41, 5.74) is 6.09. The van der Waals surface area contributed by atoms with Gasteiger partial charge in [0, 0.05) is 0 Å². The largest absolute Gasteiger partial charge is 0.348 e. The first kappa shape index (κ1) is 11.7. The fraction of sp³-hybridized carbons (Fsp3) is 0.364. The number of hydrogen-bond donors (Lipinski definition) is 2. The van der Waals surface area contributed by atoms with E-state index in [0.29, 0.717) is 0 Å². The molecule has 0 saturated carbocycles. The lowest BCUT2D eigenvalue weighted by Gasteiger charge is -2.16. The van der Waals surface area contributed by atoms with Crippen molar-refractivity contribution in [1.29, 1.82) is 0 Å². The summed E-state index contributed by atoms with van der Waals surface area (Å²) in [6.45, 7) is 1.92. The molecule has 0 heterocycles. The minimum atomic E-state index is -0.279. The number of hydrogen-bond acceptors (Lipinski definition) is 2. The van der Waals surface area contributed by atoms with E-state index < -0.39 is 0 Å². The molecule has 0 saturated heterocycles. The molecule has 0 fully saturated rings. The van der Waals surface area contributed by atoms with Gasteiger partial charge in [-0.25, -0.2) is 4.39 Å². The molecule has 82 valence electrons. The van der Waals surface area contributed by atoms with E-state index >= 15 is 0 Å². The molecule has 1 atom stereocenters. The van der Waals surface area contributed by atoms with Crippen LogP contribution in [0.1, 0.15) is 24.9 Å². The van der Waals surface area contributed by atoms with E-state index in [9.17, 15) is 9.18 Å². The fourth-order valence-electron chi connectivity index (χ4n) is 1.37. The predicted molar refractivity (Wildman–Crippen MR) is 56.6 cm³/mol. The molecule has 1 unspecified atom stereocenters. The van der Waals surface area contributed by atoms with E-state index in [-0.39, 0.29) is 24.3 Å². The molecule has 1 aromatic carbocycles. The highest BCUT2D eigenvalue weighted by Gasteiger charge is 2.11. The van der Waals surface area contributed by atoms with E-state index in [2.05, 4.69) is 5.32 Å². The van der Waals surface area contributed by atoms with Crippen LogP contribution in [0.2, 0.25) is 0 Å². The summed E-state index contributed by atoms with van der Waals surface area (Å²) in [7, 11) is 0. The Morgan fingerprint density at radius 1 is 1.47 bits per heavy atom. The smallest absolute Gasteiger partial charge is 0.234 e. The quantitative estimate of drug-likeness (QED) is 0.788. The number of carbonyl (C=O) groups excluding carboxylic acids is 1. The van der Waals surface area contributed by atoms with Gasteiger partial charge in [-0.15, -0.1) is 0 Å². The first-order valence-corrected chi connectivity index (χ1v) is 4.92. The van der Waals surface area contributed by atoms with Crippen LogP contribution in [0.4, 0.5) is 4.39 Å². The molecule has 15 heavy (non-hydrogen) atoms. The molecule has 1 aromatic rings. The summed E-state index contributed by atoms with van der Waals surface area (Å²) in [6, 6.07) is 6.00. The molecule has 3 N–H and O–H groups in total. The number of benzene rings is 1. The Morgan fingerprint density at radius 2 is 2.07 bits per heavy atom. The van der Waals surface area contributed by atoms with Crippen molar-refractivity contribution in [3.63, 3.8) is 0 Å². The van der Waals surface area contributed by atoms with Crippen molar-refractivity contribution in [3.8, 4) is 0 Å². The lowest BCUT2D eigenvalue weighted by atomic mass is 10.0. The molecular weight excluding hydrogens is 195 g/mol. The van der Waals surface area contributed by atoms with E-state index in [4.69, 9.17) is 5.73 Å². The van der Waals surface area contributed by atoms with Gasteiger partial charge in [0.2, 0.25) is 5.91 Å². The molecule has 0 spiro atoms. The fourth-order valence-corrected chi connectivity index (χ4v) is 1.37. The zero-order valence-electron chi connectivity index (χ0n) is 8.66. The molecule has 1 rings (SSSR count). The maximum Gasteiger partial charge on any atom is 0.234 e. The van der Waals surface area contributed by atoms with Gasteiger partial charge in [0.1, 0.15) is 5.82 Å². The number of halogens is 1. The number of rotatable bonds is 4. The molecule has 0 aliphatic heterocycles.